The van der Waals surface area contributed by atoms with Gasteiger partial charge in [0, 0.05) is 30.1 Å². The Labute approximate surface area is 165 Å². The second-order valence-electron chi connectivity index (χ2n) is 6.76. The summed E-state index contributed by atoms with van der Waals surface area (Å²) in [7, 11) is 1.66. The van der Waals surface area contributed by atoms with Crippen LogP contribution in [0.3, 0.4) is 0 Å². The van der Waals surface area contributed by atoms with Crippen LogP contribution in [0.25, 0.3) is 0 Å². The molecule has 0 spiro atoms. The first kappa shape index (κ1) is 17.5. The van der Waals surface area contributed by atoms with Gasteiger partial charge in [0.2, 0.25) is 0 Å². The van der Waals surface area contributed by atoms with Crippen LogP contribution in [0.2, 0.25) is 0 Å². The molecule has 26 heavy (non-hydrogen) atoms. The van der Waals surface area contributed by atoms with E-state index in [0.717, 1.165) is 38.6 Å². The van der Waals surface area contributed by atoms with E-state index in [1.807, 2.05) is 46.0 Å². The van der Waals surface area contributed by atoms with E-state index in [1.165, 1.54) is 12.8 Å². The molecule has 1 fully saturated rings. The van der Waals surface area contributed by atoms with Gasteiger partial charge in [-0.05, 0) is 59.0 Å². The number of hydrogen-bond donors (Lipinski definition) is 1. The smallest absolute Gasteiger partial charge is 0.129 e. The number of benzene rings is 1. The lowest BCUT2D eigenvalue weighted by molar-refractivity contribution is 0.219. The van der Waals surface area contributed by atoms with Gasteiger partial charge in [0.05, 0.1) is 19.9 Å². The normalized spacial score (nSPS) is 15.2. The number of methoxy groups -OCH3 is 1. The summed E-state index contributed by atoms with van der Waals surface area (Å²) in [6.07, 6.45) is 7.47. The molecule has 0 bridgehead atoms. The maximum absolute atomic E-state index is 10.8. The van der Waals surface area contributed by atoms with Gasteiger partial charge in [-0.1, -0.05) is 12.1 Å². The van der Waals surface area contributed by atoms with Gasteiger partial charge in [0.25, 0.3) is 0 Å². The van der Waals surface area contributed by atoms with Crippen LogP contribution in [0.4, 0.5) is 0 Å². The van der Waals surface area contributed by atoms with Crippen molar-refractivity contribution in [3.63, 3.8) is 0 Å². The van der Waals surface area contributed by atoms with E-state index in [9.17, 15) is 5.11 Å². The third-order valence-electron chi connectivity index (χ3n) is 4.65. The molecule has 1 saturated carbocycles. The standard InChI is InChI=1S/C19H21IN4O2/c1-26-16-6-4-14(5-7-16)10-24-12-17(19(20)22-24)18(25)15-8-21-23(11-15)9-13-2-3-13/h4-8,11-13,18,25H,2-3,9-10H2,1H3. The molecule has 7 heteroatoms. The lowest BCUT2D eigenvalue weighted by Crippen LogP contribution is -2.01. The summed E-state index contributed by atoms with van der Waals surface area (Å²) in [5.41, 5.74) is 2.75. The number of aromatic nitrogens is 4. The number of hydrogen-bond acceptors (Lipinski definition) is 4. The highest BCUT2D eigenvalue weighted by atomic mass is 127. The largest absolute Gasteiger partial charge is 0.497 e. The van der Waals surface area contributed by atoms with Gasteiger partial charge in [0.15, 0.2) is 0 Å². The van der Waals surface area contributed by atoms with Crippen molar-refractivity contribution in [2.45, 2.75) is 32.0 Å². The molecule has 2 heterocycles. The number of halogens is 1. The molecule has 1 aliphatic rings. The molecular formula is C19H21IN4O2. The number of nitrogens with zero attached hydrogens (tertiary/aromatic N) is 4. The molecule has 1 unspecified atom stereocenters. The average Bonchev–Trinajstić information content (AvgIpc) is 3.20. The van der Waals surface area contributed by atoms with Gasteiger partial charge >= 0.3 is 0 Å². The molecule has 1 aliphatic carbocycles. The Morgan fingerprint density at radius 1 is 1.23 bits per heavy atom. The highest BCUT2D eigenvalue weighted by Gasteiger charge is 2.23. The first-order valence-electron chi connectivity index (χ1n) is 8.68. The summed E-state index contributed by atoms with van der Waals surface area (Å²) in [4.78, 5) is 0. The van der Waals surface area contributed by atoms with Crippen molar-refractivity contribution >= 4 is 22.6 Å². The van der Waals surface area contributed by atoms with Gasteiger partial charge in [-0.25, -0.2) is 0 Å². The van der Waals surface area contributed by atoms with Crippen molar-refractivity contribution in [3.8, 4) is 5.75 Å². The molecule has 3 aromatic rings. The van der Waals surface area contributed by atoms with Crippen LogP contribution in [-0.4, -0.2) is 31.8 Å². The molecule has 6 nitrogen and oxygen atoms in total. The van der Waals surface area contributed by atoms with Crippen molar-refractivity contribution in [1.82, 2.24) is 19.6 Å². The summed E-state index contributed by atoms with van der Waals surface area (Å²) >= 11 is 2.17. The van der Waals surface area contributed by atoms with Crippen molar-refractivity contribution in [1.29, 1.82) is 0 Å². The highest BCUT2D eigenvalue weighted by Crippen LogP contribution is 2.31. The summed E-state index contributed by atoms with van der Waals surface area (Å²) < 4.78 is 9.79. The van der Waals surface area contributed by atoms with E-state index in [0.29, 0.717) is 6.54 Å². The fourth-order valence-corrected chi connectivity index (χ4v) is 3.67. The zero-order chi connectivity index (χ0) is 18.1. The van der Waals surface area contributed by atoms with Gasteiger partial charge in [-0.15, -0.1) is 0 Å². The SMILES string of the molecule is COc1ccc(Cn2cc(C(O)c3cnn(CC4CC4)c3)c(I)n2)cc1. The Morgan fingerprint density at radius 2 is 2.00 bits per heavy atom. The number of aliphatic hydroxyl groups is 1. The first-order chi connectivity index (χ1) is 12.6. The molecule has 1 atom stereocenters. The van der Waals surface area contributed by atoms with Crippen molar-refractivity contribution in [3.05, 3.63) is 63.2 Å². The van der Waals surface area contributed by atoms with Crippen LogP contribution in [0.15, 0.2) is 42.9 Å². The summed E-state index contributed by atoms with van der Waals surface area (Å²) in [6, 6.07) is 7.92. The molecule has 1 aromatic carbocycles. The molecular weight excluding hydrogens is 443 g/mol. The molecule has 136 valence electrons. The van der Waals surface area contributed by atoms with E-state index in [2.05, 4.69) is 32.8 Å². The predicted molar refractivity (Wildman–Crippen MR) is 106 cm³/mol. The van der Waals surface area contributed by atoms with Gasteiger partial charge < -0.3 is 9.84 Å². The van der Waals surface area contributed by atoms with Gasteiger partial charge in [-0.2, -0.15) is 10.2 Å². The Bertz CT molecular complexity index is 883. The van der Waals surface area contributed by atoms with Crippen LogP contribution in [-0.2, 0) is 13.1 Å². The zero-order valence-corrected chi connectivity index (χ0v) is 16.7. The minimum Gasteiger partial charge on any atom is -0.497 e. The summed E-state index contributed by atoms with van der Waals surface area (Å²) in [6.45, 7) is 1.59. The van der Waals surface area contributed by atoms with Crippen molar-refractivity contribution in [2.24, 2.45) is 5.92 Å². The Balaban J connectivity index is 1.48. The fraction of sp³-hybridized carbons (Fsp3) is 0.368. The topological polar surface area (TPSA) is 65.1 Å². The van der Waals surface area contributed by atoms with E-state index in [-0.39, 0.29) is 0 Å². The monoisotopic (exact) mass is 464 g/mol. The molecule has 4 rings (SSSR count). The van der Waals surface area contributed by atoms with Crippen LogP contribution in [0, 0.1) is 9.62 Å². The second kappa shape index (κ2) is 7.40. The quantitative estimate of drug-likeness (QED) is 0.546. The maximum atomic E-state index is 10.8. The average molecular weight is 464 g/mol. The molecule has 0 amide bonds. The minimum absolute atomic E-state index is 0.646. The van der Waals surface area contributed by atoms with Crippen LogP contribution < -0.4 is 4.74 Å². The molecule has 1 N–H and O–H groups in total. The van der Waals surface area contributed by atoms with E-state index >= 15 is 0 Å². The zero-order valence-electron chi connectivity index (χ0n) is 14.5. The van der Waals surface area contributed by atoms with Crippen LogP contribution in [0.5, 0.6) is 5.75 Å². The number of rotatable bonds is 7. The molecule has 2 aromatic heterocycles. The van der Waals surface area contributed by atoms with Crippen molar-refractivity contribution < 1.29 is 9.84 Å². The fourth-order valence-electron chi connectivity index (χ4n) is 2.96. The van der Waals surface area contributed by atoms with Crippen LogP contribution >= 0.6 is 22.6 Å². The van der Waals surface area contributed by atoms with Gasteiger partial charge in [-0.3, -0.25) is 9.36 Å². The molecule has 0 saturated heterocycles. The Hall–Kier alpha value is -1.87. The van der Waals surface area contributed by atoms with E-state index in [1.54, 1.807) is 13.3 Å². The van der Waals surface area contributed by atoms with Gasteiger partial charge in [0.1, 0.15) is 15.6 Å². The summed E-state index contributed by atoms with van der Waals surface area (Å²) in [5.74, 6) is 1.59. The van der Waals surface area contributed by atoms with E-state index in [4.69, 9.17) is 4.74 Å². The lowest BCUT2D eigenvalue weighted by atomic mass is 10.1. The minimum atomic E-state index is -0.709. The highest BCUT2D eigenvalue weighted by molar-refractivity contribution is 14.1. The summed E-state index contributed by atoms with van der Waals surface area (Å²) in [5, 5.41) is 19.7. The Kier molecular flexibility index (Phi) is 4.99. The number of aliphatic hydroxyl groups excluding tert-OH is 1. The van der Waals surface area contributed by atoms with Crippen molar-refractivity contribution in [2.75, 3.05) is 7.11 Å². The third kappa shape index (κ3) is 3.93. The maximum Gasteiger partial charge on any atom is 0.129 e. The second-order valence-corrected chi connectivity index (χ2v) is 7.78. The predicted octanol–water partition coefficient (Wildman–Crippen LogP) is 3.23. The Morgan fingerprint density at radius 3 is 2.69 bits per heavy atom. The third-order valence-corrected chi connectivity index (χ3v) is 5.49. The first-order valence-corrected chi connectivity index (χ1v) is 9.76. The lowest BCUT2D eigenvalue weighted by Gasteiger charge is -2.06. The number of ether oxygens (including phenoxy) is 1. The molecule has 0 radical (unpaired) electrons. The van der Waals surface area contributed by atoms with Crippen LogP contribution in [0.1, 0.15) is 35.6 Å². The van der Waals surface area contributed by atoms with E-state index < -0.39 is 6.10 Å². The molecule has 0 aliphatic heterocycles.